The first-order valence-electron chi connectivity index (χ1n) is 8.18. The van der Waals surface area contributed by atoms with E-state index in [4.69, 9.17) is 5.73 Å². The van der Waals surface area contributed by atoms with Gasteiger partial charge in [0.1, 0.15) is 0 Å². The highest BCUT2D eigenvalue weighted by Crippen LogP contribution is 2.51. The lowest BCUT2D eigenvalue weighted by Gasteiger charge is -2.49. The van der Waals surface area contributed by atoms with E-state index in [0.29, 0.717) is 10.8 Å². The van der Waals surface area contributed by atoms with Crippen LogP contribution in [0.1, 0.15) is 78.6 Å². The molecule has 18 heavy (non-hydrogen) atoms. The molecule has 2 aliphatic rings. The van der Waals surface area contributed by atoms with Crippen LogP contribution in [0, 0.1) is 22.7 Å². The van der Waals surface area contributed by atoms with Crippen LogP contribution in [0.25, 0.3) is 0 Å². The van der Waals surface area contributed by atoms with Crippen molar-refractivity contribution >= 4 is 0 Å². The van der Waals surface area contributed by atoms with Crippen LogP contribution >= 0.6 is 0 Å². The van der Waals surface area contributed by atoms with Gasteiger partial charge >= 0.3 is 0 Å². The van der Waals surface area contributed by atoms with Gasteiger partial charge in [-0.1, -0.05) is 40.0 Å². The second-order valence-corrected chi connectivity index (χ2v) is 8.04. The van der Waals surface area contributed by atoms with Crippen LogP contribution < -0.4 is 5.73 Å². The van der Waals surface area contributed by atoms with Crippen molar-refractivity contribution in [2.24, 2.45) is 28.4 Å². The first-order valence-corrected chi connectivity index (χ1v) is 8.18. The van der Waals surface area contributed by atoms with Crippen molar-refractivity contribution in [3.63, 3.8) is 0 Å². The van der Waals surface area contributed by atoms with Crippen LogP contribution in [-0.2, 0) is 0 Å². The van der Waals surface area contributed by atoms with Crippen molar-refractivity contribution < 1.29 is 0 Å². The van der Waals surface area contributed by atoms with E-state index in [-0.39, 0.29) is 0 Å². The maximum absolute atomic E-state index is 6.22. The lowest BCUT2D eigenvalue weighted by Crippen LogP contribution is -2.43. The molecule has 0 bridgehead atoms. The van der Waals surface area contributed by atoms with E-state index in [2.05, 4.69) is 20.8 Å². The summed E-state index contributed by atoms with van der Waals surface area (Å²) < 4.78 is 0. The highest BCUT2D eigenvalue weighted by molar-refractivity contribution is 4.94. The minimum Gasteiger partial charge on any atom is -0.330 e. The fourth-order valence-electron chi connectivity index (χ4n) is 4.55. The molecule has 0 aromatic carbocycles. The van der Waals surface area contributed by atoms with Crippen molar-refractivity contribution in [1.82, 2.24) is 0 Å². The van der Waals surface area contributed by atoms with Crippen LogP contribution in [0.2, 0.25) is 0 Å². The van der Waals surface area contributed by atoms with Gasteiger partial charge in [0.15, 0.2) is 0 Å². The zero-order valence-electron chi connectivity index (χ0n) is 12.8. The Bertz CT molecular complexity index is 249. The van der Waals surface area contributed by atoms with Crippen molar-refractivity contribution in [1.29, 1.82) is 0 Å². The number of hydrogen-bond acceptors (Lipinski definition) is 1. The summed E-state index contributed by atoms with van der Waals surface area (Å²) in [5, 5.41) is 0. The van der Waals surface area contributed by atoms with Crippen LogP contribution in [-0.4, -0.2) is 6.54 Å². The second kappa shape index (κ2) is 5.53. The van der Waals surface area contributed by atoms with Gasteiger partial charge in [0, 0.05) is 0 Å². The van der Waals surface area contributed by atoms with Gasteiger partial charge in [0.05, 0.1) is 0 Å². The van der Waals surface area contributed by atoms with E-state index >= 15 is 0 Å². The molecular weight excluding hydrogens is 218 g/mol. The third-order valence-electron chi connectivity index (χ3n) is 6.08. The van der Waals surface area contributed by atoms with Gasteiger partial charge in [-0.2, -0.15) is 0 Å². The molecule has 0 saturated heterocycles. The summed E-state index contributed by atoms with van der Waals surface area (Å²) in [4.78, 5) is 0. The van der Waals surface area contributed by atoms with Gasteiger partial charge in [-0.15, -0.1) is 0 Å². The first-order chi connectivity index (χ1) is 8.48. The van der Waals surface area contributed by atoms with E-state index in [0.717, 1.165) is 18.4 Å². The predicted octanol–water partition coefficient (Wildman–Crippen LogP) is 4.75. The maximum atomic E-state index is 6.22. The molecular formula is C17H33N. The molecule has 1 nitrogen and oxygen atoms in total. The summed E-state index contributed by atoms with van der Waals surface area (Å²) in [6, 6.07) is 0. The Hall–Kier alpha value is -0.0400. The molecule has 2 aliphatic carbocycles. The van der Waals surface area contributed by atoms with Crippen molar-refractivity contribution in [3.8, 4) is 0 Å². The standard InChI is InChI=1S/C17H33N/c1-16(2,3)14-9-11-17(13-18,12-10-14)15-7-5-4-6-8-15/h14-15H,4-13,18H2,1-3H3. The summed E-state index contributed by atoms with van der Waals surface area (Å²) >= 11 is 0. The summed E-state index contributed by atoms with van der Waals surface area (Å²) in [6.45, 7) is 8.17. The van der Waals surface area contributed by atoms with Crippen LogP contribution in [0.5, 0.6) is 0 Å². The quantitative estimate of drug-likeness (QED) is 0.753. The molecule has 0 aliphatic heterocycles. The van der Waals surface area contributed by atoms with Gasteiger partial charge in [-0.05, 0) is 67.7 Å². The van der Waals surface area contributed by atoms with E-state index in [1.54, 1.807) is 0 Å². The normalized spacial score (nSPS) is 35.7. The van der Waals surface area contributed by atoms with E-state index in [1.165, 1.54) is 57.8 Å². The number of hydrogen-bond donors (Lipinski definition) is 1. The third kappa shape index (κ3) is 2.92. The van der Waals surface area contributed by atoms with Gasteiger partial charge in [-0.25, -0.2) is 0 Å². The molecule has 2 saturated carbocycles. The third-order valence-corrected chi connectivity index (χ3v) is 6.08. The van der Waals surface area contributed by atoms with E-state index < -0.39 is 0 Å². The van der Waals surface area contributed by atoms with Crippen molar-refractivity contribution in [2.75, 3.05) is 6.54 Å². The molecule has 106 valence electrons. The Kier molecular flexibility index (Phi) is 4.41. The summed E-state index contributed by atoms with van der Waals surface area (Å²) in [6.07, 6.45) is 12.9. The molecule has 0 heterocycles. The molecule has 2 fully saturated rings. The van der Waals surface area contributed by atoms with Crippen molar-refractivity contribution in [2.45, 2.75) is 78.6 Å². The molecule has 0 unspecified atom stereocenters. The zero-order valence-corrected chi connectivity index (χ0v) is 12.8. The predicted molar refractivity (Wildman–Crippen MR) is 79.5 cm³/mol. The molecule has 1 heteroatoms. The average molecular weight is 251 g/mol. The number of rotatable bonds is 2. The van der Waals surface area contributed by atoms with Gasteiger partial charge in [-0.3, -0.25) is 0 Å². The second-order valence-electron chi connectivity index (χ2n) is 8.04. The summed E-state index contributed by atoms with van der Waals surface area (Å²) in [7, 11) is 0. The minimum atomic E-state index is 0.493. The van der Waals surface area contributed by atoms with Crippen molar-refractivity contribution in [3.05, 3.63) is 0 Å². The fraction of sp³-hybridized carbons (Fsp3) is 1.00. The van der Waals surface area contributed by atoms with E-state index in [1.807, 2.05) is 0 Å². The first kappa shape index (κ1) is 14.4. The SMILES string of the molecule is CC(C)(C)C1CCC(CN)(C2CCCCC2)CC1. The Labute approximate surface area is 114 Å². The topological polar surface area (TPSA) is 26.0 Å². The maximum Gasteiger partial charge on any atom is -0.00179 e. The fourth-order valence-corrected chi connectivity index (χ4v) is 4.55. The Balaban J connectivity index is 1.99. The highest BCUT2D eigenvalue weighted by atomic mass is 14.6. The lowest BCUT2D eigenvalue weighted by atomic mass is 9.57. The summed E-state index contributed by atoms with van der Waals surface area (Å²) in [5.74, 6) is 1.86. The Morgan fingerprint density at radius 1 is 0.944 bits per heavy atom. The Morgan fingerprint density at radius 2 is 1.50 bits per heavy atom. The average Bonchev–Trinajstić information content (AvgIpc) is 2.39. The molecule has 0 spiro atoms. The molecule has 2 rings (SSSR count). The van der Waals surface area contributed by atoms with Crippen LogP contribution in [0.4, 0.5) is 0 Å². The minimum absolute atomic E-state index is 0.493. The lowest BCUT2D eigenvalue weighted by molar-refractivity contribution is 0.0294. The summed E-state index contributed by atoms with van der Waals surface area (Å²) in [5.41, 5.74) is 7.23. The zero-order chi connectivity index (χ0) is 13.2. The van der Waals surface area contributed by atoms with E-state index in [9.17, 15) is 0 Å². The molecule has 0 atom stereocenters. The van der Waals surface area contributed by atoms with Gasteiger partial charge in [0.2, 0.25) is 0 Å². The van der Waals surface area contributed by atoms with Gasteiger partial charge < -0.3 is 5.73 Å². The monoisotopic (exact) mass is 251 g/mol. The number of nitrogens with two attached hydrogens (primary N) is 1. The molecule has 0 aromatic heterocycles. The molecule has 0 amide bonds. The molecule has 0 aromatic rings. The largest absolute Gasteiger partial charge is 0.330 e. The molecule has 0 radical (unpaired) electrons. The highest BCUT2D eigenvalue weighted by Gasteiger charge is 2.42. The van der Waals surface area contributed by atoms with Crippen LogP contribution in [0.3, 0.4) is 0 Å². The molecule has 2 N–H and O–H groups in total. The Morgan fingerprint density at radius 3 is 1.94 bits per heavy atom. The smallest absolute Gasteiger partial charge is 0.00179 e. The van der Waals surface area contributed by atoms with Gasteiger partial charge in [0.25, 0.3) is 0 Å². The van der Waals surface area contributed by atoms with Crippen LogP contribution in [0.15, 0.2) is 0 Å².